The Morgan fingerprint density at radius 3 is 2.69 bits per heavy atom. The van der Waals surface area contributed by atoms with Crippen molar-refractivity contribution in [2.45, 2.75) is 6.92 Å². The van der Waals surface area contributed by atoms with Gasteiger partial charge in [-0.25, -0.2) is 4.79 Å². The number of aromatic amines is 1. The summed E-state index contributed by atoms with van der Waals surface area (Å²) in [4.78, 5) is 20.5. The Hall–Kier alpha value is -2.63. The number of allylic oxidation sites excluding steroid dienone is 1. The standard InChI is InChI=1S/C21H16N2OS.H2S/c1-3-8-17-14(4-2)18-20(25-17)19(23-21(24)22-18)16-12-7-10-13-9-5-6-11-15(13)16;/h3-12H,2H2,1H3,(H,22,23,24);1H2/b8-3-;. The Balaban J connectivity index is 0.00000196. The maximum absolute atomic E-state index is 12.2. The number of fused-ring (bicyclic) bond motifs is 2. The summed E-state index contributed by atoms with van der Waals surface area (Å²) in [5.74, 6) is 0. The Kier molecular flexibility index (Phi) is 5.11. The van der Waals surface area contributed by atoms with Gasteiger partial charge < -0.3 is 4.98 Å². The summed E-state index contributed by atoms with van der Waals surface area (Å²) < 4.78 is 0.971. The van der Waals surface area contributed by atoms with E-state index in [4.69, 9.17) is 0 Å². The second kappa shape index (κ2) is 7.32. The monoisotopic (exact) mass is 378 g/mol. The summed E-state index contributed by atoms with van der Waals surface area (Å²) in [5, 5.41) is 2.22. The van der Waals surface area contributed by atoms with Gasteiger partial charge in [0.15, 0.2) is 0 Å². The zero-order valence-corrected chi connectivity index (χ0v) is 16.1. The molecule has 2 aromatic carbocycles. The molecule has 0 aliphatic rings. The van der Waals surface area contributed by atoms with Crippen LogP contribution in [-0.2, 0) is 0 Å². The Morgan fingerprint density at radius 2 is 1.92 bits per heavy atom. The molecule has 0 spiro atoms. The molecule has 0 bridgehead atoms. The highest BCUT2D eigenvalue weighted by Gasteiger charge is 2.16. The molecular weight excluding hydrogens is 360 g/mol. The van der Waals surface area contributed by atoms with Crippen LogP contribution in [0.3, 0.4) is 0 Å². The first-order valence-electron chi connectivity index (χ1n) is 8.03. The molecule has 0 aliphatic heterocycles. The maximum atomic E-state index is 12.2. The van der Waals surface area contributed by atoms with Crippen molar-refractivity contribution in [3.63, 3.8) is 0 Å². The number of rotatable bonds is 3. The average Bonchev–Trinajstić information content (AvgIpc) is 2.98. The quantitative estimate of drug-likeness (QED) is 0.505. The topological polar surface area (TPSA) is 45.8 Å². The molecule has 0 unspecified atom stereocenters. The number of hydrogen-bond donors (Lipinski definition) is 1. The van der Waals surface area contributed by atoms with Gasteiger partial charge in [0.1, 0.15) is 0 Å². The minimum Gasteiger partial charge on any atom is -0.304 e. The highest BCUT2D eigenvalue weighted by Crippen LogP contribution is 2.38. The van der Waals surface area contributed by atoms with E-state index >= 15 is 0 Å². The molecule has 26 heavy (non-hydrogen) atoms. The maximum Gasteiger partial charge on any atom is 0.346 e. The van der Waals surface area contributed by atoms with Gasteiger partial charge in [-0.15, -0.1) is 11.3 Å². The van der Waals surface area contributed by atoms with Gasteiger partial charge in [0.05, 0.1) is 15.9 Å². The molecule has 0 atom stereocenters. The van der Waals surface area contributed by atoms with Gasteiger partial charge in [0.2, 0.25) is 0 Å². The van der Waals surface area contributed by atoms with Crippen molar-refractivity contribution in [1.82, 2.24) is 9.97 Å². The van der Waals surface area contributed by atoms with Gasteiger partial charge in [-0.3, -0.25) is 0 Å². The van der Waals surface area contributed by atoms with Gasteiger partial charge in [0.25, 0.3) is 0 Å². The van der Waals surface area contributed by atoms with Crippen molar-refractivity contribution < 1.29 is 0 Å². The molecule has 130 valence electrons. The van der Waals surface area contributed by atoms with Gasteiger partial charge in [-0.2, -0.15) is 18.5 Å². The fourth-order valence-corrected chi connectivity index (χ4v) is 4.37. The highest BCUT2D eigenvalue weighted by molar-refractivity contribution is 7.59. The molecule has 2 heterocycles. The molecule has 0 saturated carbocycles. The molecule has 0 saturated heterocycles. The Morgan fingerprint density at radius 1 is 1.15 bits per heavy atom. The second-order valence-electron chi connectivity index (χ2n) is 5.71. The van der Waals surface area contributed by atoms with E-state index < -0.39 is 0 Å². The van der Waals surface area contributed by atoms with E-state index in [2.05, 4.69) is 34.7 Å². The molecule has 1 N–H and O–H groups in total. The summed E-state index contributed by atoms with van der Waals surface area (Å²) in [6, 6.07) is 14.2. The van der Waals surface area contributed by atoms with Crippen LogP contribution in [0.5, 0.6) is 0 Å². The molecule has 0 radical (unpaired) electrons. The van der Waals surface area contributed by atoms with E-state index in [1.165, 1.54) is 0 Å². The first kappa shape index (κ1) is 18.2. The first-order valence-corrected chi connectivity index (χ1v) is 8.84. The number of nitrogens with one attached hydrogen (secondary N) is 1. The highest BCUT2D eigenvalue weighted by atomic mass is 32.1. The minimum atomic E-state index is -0.344. The van der Waals surface area contributed by atoms with E-state index in [-0.39, 0.29) is 19.2 Å². The van der Waals surface area contributed by atoms with Crippen LogP contribution in [-0.4, -0.2) is 9.97 Å². The summed E-state index contributed by atoms with van der Waals surface area (Å²) in [6.07, 6.45) is 5.81. The van der Waals surface area contributed by atoms with Crippen LogP contribution < -0.4 is 5.69 Å². The van der Waals surface area contributed by atoms with Crippen LogP contribution in [0.25, 0.3) is 44.4 Å². The summed E-state index contributed by atoms with van der Waals surface area (Å²) in [7, 11) is 0. The molecule has 0 fully saturated rings. The van der Waals surface area contributed by atoms with Crippen molar-refractivity contribution in [3.05, 3.63) is 76.0 Å². The summed E-state index contributed by atoms with van der Waals surface area (Å²) >= 11 is 1.62. The van der Waals surface area contributed by atoms with E-state index in [1.807, 2.05) is 43.3 Å². The molecule has 5 heteroatoms. The van der Waals surface area contributed by atoms with E-state index in [9.17, 15) is 4.79 Å². The van der Waals surface area contributed by atoms with Crippen LogP contribution >= 0.6 is 24.8 Å². The van der Waals surface area contributed by atoms with Gasteiger partial charge in [0, 0.05) is 16.0 Å². The molecule has 0 amide bonds. The largest absolute Gasteiger partial charge is 0.346 e. The lowest BCUT2D eigenvalue weighted by Crippen LogP contribution is -2.10. The first-order chi connectivity index (χ1) is 12.2. The van der Waals surface area contributed by atoms with Crippen molar-refractivity contribution in [3.8, 4) is 11.3 Å². The average molecular weight is 379 g/mol. The second-order valence-corrected chi connectivity index (χ2v) is 6.76. The fraction of sp³-hybridized carbons (Fsp3) is 0.0476. The minimum absolute atomic E-state index is 0. The lowest BCUT2D eigenvalue weighted by atomic mass is 10.0. The SMILES string of the molecule is C=Cc1c(/C=C\C)sc2c(-c3cccc4ccccc34)nc(=O)[nH]c12.S. The van der Waals surface area contributed by atoms with Gasteiger partial charge in [-0.05, 0) is 23.8 Å². The number of nitrogens with zero attached hydrogens (tertiary/aromatic N) is 1. The normalized spacial score (nSPS) is 11.1. The third-order valence-electron chi connectivity index (χ3n) is 4.20. The van der Waals surface area contributed by atoms with Crippen molar-refractivity contribution in [1.29, 1.82) is 0 Å². The predicted octanol–water partition coefficient (Wildman–Crippen LogP) is 5.59. The van der Waals surface area contributed by atoms with Crippen molar-refractivity contribution in [2.24, 2.45) is 0 Å². The zero-order valence-electron chi connectivity index (χ0n) is 14.2. The summed E-state index contributed by atoms with van der Waals surface area (Å²) in [5.41, 5.74) is 3.09. The third-order valence-corrected chi connectivity index (χ3v) is 5.38. The third kappa shape index (κ3) is 2.89. The van der Waals surface area contributed by atoms with Crippen molar-refractivity contribution in [2.75, 3.05) is 0 Å². The van der Waals surface area contributed by atoms with Crippen LogP contribution in [0.15, 0.2) is 59.9 Å². The molecule has 0 aliphatic carbocycles. The Labute approximate surface area is 162 Å². The molecule has 3 nitrogen and oxygen atoms in total. The van der Waals surface area contributed by atoms with E-state index in [0.717, 1.165) is 42.7 Å². The number of H-pyrrole nitrogens is 1. The predicted molar refractivity (Wildman–Crippen MR) is 118 cm³/mol. The molecule has 2 aromatic heterocycles. The van der Waals surface area contributed by atoms with E-state index in [1.54, 1.807) is 17.4 Å². The lowest BCUT2D eigenvalue weighted by molar-refractivity contribution is 1.13. The van der Waals surface area contributed by atoms with E-state index in [0.29, 0.717) is 0 Å². The van der Waals surface area contributed by atoms with Crippen molar-refractivity contribution >= 4 is 58.0 Å². The molecular formula is C21H18N2OS2. The summed E-state index contributed by atoms with van der Waals surface area (Å²) in [6.45, 7) is 5.88. The lowest BCUT2D eigenvalue weighted by Gasteiger charge is -2.06. The van der Waals surface area contributed by atoms with Gasteiger partial charge >= 0.3 is 5.69 Å². The van der Waals surface area contributed by atoms with Crippen LogP contribution in [0.2, 0.25) is 0 Å². The molecule has 4 aromatic rings. The number of aromatic nitrogens is 2. The fourth-order valence-electron chi connectivity index (χ4n) is 3.13. The molecule has 4 rings (SSSR count). The van der Waals surface area contributed by atoms with Crippen LogP contribution in [0.1, 0.15) is 17.4 Å². The van der Waals surface area contributed by atoms with Crippen LogP contribution in [0.4, 0.5) is 0 Å². The number of thiophene rings is 1. The smallest absolute Gasteiger partial charge is 0.304 e. The number of hydrogen-bond acceptors (Lipinski definition) is 3. The zero-order chi connectivity index (χ0) is 17.4. The Bertz CT molecular complexity index is 1200. The number of benzene rings is 2. The van der Waals surface area contributed by atoms with Crippen LogP contribution in [0, 0.1) is 0 Å². The van der Waals surface area contributed by atoms with Gasteiger partial charge in [-0.1, -0.05) is 61.2 Å².